The van der Waals surface area contributed by atoms with E-state index in [1.54, 1.807) is 6.20 Å². The maximum atomic E-state index is 9.61. The molecule has 1 atom stereocenters. The van der Waals surface area contributed by atoms with Crippen molar-refractivity contribution in [1.82, 2.24) is 14.9 Å². The third kappa shape index (κ3) is 5.50. The normalized spacial score (nSPS) is 17.5. The standard InChI is InChI=1S/C27H28N6O2/c28-27-31-24(19-5-2-1-3-6-19)17-25(32-27)30-20-8-10-22(11-9-20)35-23-12-13-26(29-15-14-23)33-16-4-7-21(33)18-34/h1-3,5-6,8-12,14-15,17,21,34H,4,7,13,16,18H2,(H3,28,30,31,32). The maximum Gasteiger partial charge on any atom is 0.222 e. The van der Waals surface area contributed by atoms with E-state index in [2.05, 4.69) is 25.2 Å². The zero-order chi connectivity index (χ0) is 24.0. The van der Waals surface area contributed by atoms with Gasteiger partial charge in [-0.2, -0.15) is 4.98 Å². The Hall–Kier alpha value is -4.17. The van der Waals surface area contributed by atoms with Gasteiger partial charge in [0, 0.05) is 36.5 Å². The third-order valence-electron chi connectivity index (χ3n) is 6.04. The second kappa shape index (κ2) is 10.4. The molecule has 0 radical (unpaired) electrons. The van der Waals surface area contributed by atoms with E-state index < -0.39 is 0 Å². The van der Waals surface area contributed by atoms with E-state index in [0.717, 1.165) is 53.7 Å². The van der Waals surface area contributed by atoms with E-state index in [1.165, 1.54) is 0 Å². The molecule has 3 aromatic rings. The van der Waals surface area contributed by atoms with Crippen LogP contribution in [0, 0.1) is 0 Å². The maximum absolute atomic E-state index is 9.61. The molecule has 0 amide bonds. The monoisotopic (exact) mass is 468 g/mol. The molecule has 0 aliphatic carbocycles. The quantitative estimate of drug-likeness (QED) is 0.489. The van der Waals surface area contributed by atoms with Gasteiger partial charge in [-0.05, 0) is 49.3 Å². The number of hydrogen-bond donors (Lipinski definition) is 3. The third-order valence-corrected chi connectivity index (χ3v) is 6.04. The van der Waals surface area contributed by atoms with Crippen LogP contribution in [0.25, 0.3) is 11.3 Å². The van der Waals surface area contributed by atoms with Crippen LogP contribution < -0.4 is 15.8 Å². The van der Waals surface area contributed by atoms with E-state index in [1.807, 2.05) is 72.8 Å². The van der Waals surface area contributed by atoms with E-state index in [0.29, 0.717) is 12.2 Å². The van der Waals surface area contributed by atoms with Crippen LogP contribution in [0.1, 0.15) is 19.3 Å². The van der Waals surface area contributed by atoms with Crippen molar-refractivity contribution in [1.29, 1.82) is 0 Å². The molecule has 1 aromatic heterocycles. The lowest BCUT2D eigenvalue weighted by Gasteiger charge is -2.25. The molecule has 5 rings (SSSR count). The number of aliphatic hydroxyl groups is 1. The number of nitrogens with two attached hydrogens (primary N) is 1. The predicted octanol–water partition coefficient (Wildman–Crippen LogP) is 4.50. The molecule has 0 saturated carbocycles. The molecule has 1 fully saturated rings. The van der Waals surface area contributed by atoms with Crippen LogP contribution in [-0.2, 0) is 0 Å². The summed E-state index contributed by atoms with van der Waals surface area (Å²) in [5, 5.41) is 12.9. The number of ether oxygens (including phenoxy) is 1. The number of anilines is 3. The molecule has 2 aromatic carbocycles. The van der Waals surface area contributed by atoms with Crippen LogP contribution in [0.15, 0.2) is 89.8 Å². The fourth-order valence-electron chi connectivity index (χ4n) is 4.32. The van der Waals surface area contributed by atoms with Crippen LogP contribution >= 0.6 is 0 Å². The van der Waals surface area contributed by atoms with E-state index >= 15 is 0 Å². The lowest BCUT2D eigenvalue weighted by molar-refractivity contribution is 0.207. The molecule has 4 N–H and O–H groups in total. The Morgan fingerprint density at radius 3 is 2.71 bits per heavy atom. The molecule has 8 nitrogen and oxygen atoms in total. The summed E-state index contributed by atoms with van der Waals surface area (Å²) < 4.78 is 6.06. The SMILES string of the molecule is Nc1nc(Nc2ccc(OC3=CCC(N4CCCC4CO)=NC=C3)cc2)cc(-c2ccccc2)n1. The van der Waals surface area contributed by atoms with Crippen molar-refractivity contribution in [3.63, 3.8) is 0 Å². The van der Waals surface area contributed by atoms with Crippen molar-refractivity contribution in [2.75, 3.05) is 24.2 Å². The van der Waals surface area contributed by atoms with E-state index in [9.17, 15) is 5.11 Å². The summed E-state index contributed by atoms with van der Waals surface area (Å²) in [5.74, 6) is 3.25. The van der Waals surface area contributed by atoms with Gasteiger partial charge in [0.05, 0.1) is 18.3 Å². The van der Waals surface area contributed by atoms with Gasteiger partial charge in [0.2, 0.25) is 5.95 Å². The highest BCUT2D eigenvalue weighted by Crippen LogP contribution is 2.25. The molecule has 0 bridgehead atoms. The molecule has 178 valence electrons. The summed E-state index contributed by atoms with van der Waals surface area (Å²) >= 11 is 0. The molecular formula is C27H28N6O2. The number of aliphatic imine (C=N–C) groups is 1. The Morgan fingerprint density at radius 1 is 1.09 bits per heavy atom. The average molecular weight is 469 g/mol. The number of nitrogens with one attached hydrogen (secondary N) is 1. The Balaban J connectivity index is 1.23. The van der Waals surface area contributed by atoms with Crippen LogP contribution in [-0.4, -0.2) is 45.0 Å². The van der Waals surface area contributed by atoms with Gasteiger partial charge >= 0.3 is 0 Å². The first-order chi connectivity index (χ1) is 17.2. The lowest BCUT2D eigenvalue weighted by atomic mass is 10.1. The highest BCUT2D eigenvalue weighted by atomic mass is 16.5. The number of likely N-dealkylation sites (tertiary alicyclic amines) is 1. The fourth-order valence-corrected chi connectivity index (χ4v) is 4.32. The zero-order valence-corrected chi connectivity index (χ0v) is 19.3. The Bertz CT molecular complexity index is 1250. The summed E-state index contributed by atoms with van der Waals surface area (Å²) in [5.41, 5.74) is 8.52. The Labute approximate surface area is 204 Å². The summed E-state index contributed by atoms with van der Waals surface area (Å²) in [6.07, 6.45) is 8.39. The largest absolute Gasteiger partial charge is 0.458 e. The van der Waals surface area contributed by atoms with Gasteiger partial charge in [-0.1, -0.05) is 30.3 Å². The predicted molar refractivity (Wildman–Crippen MR) is 138 cm³/mol. The molecular weight excluding hydrogens is 440 g/mol. The zero-order valence-electron chi connectivity index (χ0n) is 19.3. The molecule has 1 unspecified atom stereocenters. The van der Waals surface area contributed by atoms with Gasteiger partial charge in [0.1, 0.15) is 23.2 Å². The molecule has 0 spiro atoms. The van der Waals surface area contributed by atoms with Crippen LogP contribution in [0.3, 0.4) is 0 Å². The van der Waals surface area contributed by atoms with Crippen molar-refractivity contribution in [3.05, 3.63) is 84.8 Å². The molecule has 8 heteroatoms. The second-order valence-corrected chi connectivity index (χ2v) is 8.46. The Morgan fingerprint density at radius 2 is 1.91 bits per heavy atom. The summed E-state index contributed by atoms with van der Waals surface area (Å²) in [6.45, 7) is 1.09. The number of aromatic nitrogens is 2. The van der Waals surface area contributed by atoms with Crippen molar-refractivity contribution in [3.8, 4) is 17.0 Å². The van der Waals surface area contributed by atoms with Crippen LogP contribution in [0.4, 0.5) is 17.5 Å². The molecule has 2 aliphatic rings. The van der Waals surface area contributed by atoms with E-state index in [4.69, 9.17) is 10.5 Å². The first-order valence-corrected chi connectivity index (χ1v) is 11.7. The molecule has 3 heterocycles. The number of nitrogen functional groups attached to an aromatic ring is 1. The molecule has 2 aliphatic heterocycles. The van der Waals surface area contributed by atoms with Crippen molar-refractivity contribution < 1.29 is 9.84 Å². The summed E-state index contributed by atoms with van der Waals surface area (Å²) in [4.78, 5) is 15.4. The summed E-state index contributed by atoms with van der Waals surface area (Å²) in [6, 6.07) is 19.5. The highest BCUT2D eigenvalue weighted by Gasteiger charge is 2.26. The van der Waals surface area contributed by atoms with Crippen LogP contribution in [0.5, 0.6) is 5.75 Å². The number of rotatable bonds is 6. The number of nitrogens with zero attached hydrogens (tertiary/aromatic N) is 4. The number of hydrogen-bond acceptors (Lipinski definition) is 8. The minimum absolute atomic E-state index is 0.158. The smallest absolute Gasteiger partial charge is 0.222 e. The fraction of sp³-hybridized carbons (Fsp3) is 0.222. The molecule has 1 saturated heterocycles. The number of amidine groups is 1. The average Bonchev–Trinajstić information content (AvgIpc) is 3.24. The van der Waals surface area contributed by atoms with Gasteiger partial charge in [0.25, 0.3) is 0 Å². The first kappa shape index (κ1) is 22.6. The highest BCUT2D eigenvalue weighted by molar-refractivity contribution is 5.85. The second-order valence-electron chi connectivity index (χ2n) is 8.46. The van der Waals surface area contributed by atoms with Gasteiger partial charge in [-0.25, -0.2) is 9.98 Å². The van der Waals surface area contributed by atoms with Crippen LogP contribution in [0.2, 0.25) is 0 Å². The van der Waals surface area contributed by atoms with Crippen molar-refractivity contribution in [2.45, 2.75) is 25.3 Å². The minimum atomic E-state index is 0.158. The van der Waals surface area contributed by atoms with Crippen molar-refractivity contribution in [2.24, 2.45) is 4.99 Å². The first-order valence-electron chi connectivity index (χ1n) is 11.7. The topological polar surface area (TPSA) is 109 Å². The van der Waals surface area contributed by atoms with Crippen molar-refractivity contribution >= 4 is 23.3 Å². The minimum Gasteiger partial charge on any atom is -0.458 e. The number of allylic oxidation sites excluding steroid dienone is 1. The van der Waals surface area contributed by atoms with Gasteiger partial charge in [-0.15, -0.1) is 0 Å². The lowest BCUT2D eigenvalue weighted by Crippen LogP contribution is -2.37. The van der Waals surface area contributed by atoms with Gasteiger partial charge in [-0.3, -0.25) is 0 Å². The summed E-state index contributed by atoms with van der Waals surface area (Å²) in [7, 11) is 0. The number of aliphatic hydroxyl groups excluding tert-OH is 1. The van der Waals surface area contributed by atoms with Gasteiger partial charge < -0.3 is 25.8 Å². The van der Waals surface area contributed by atoms with E-state index in [-0.39, 0.29) is 18.6 Å². The van der Waals surface area contributed by atoms with Gasteiger partial charge in [0.15, 0.2) is 0 Å². The molecule has 35 heavy (non-hydrogen) atoms. The Kier molecular flexibility index (Phi) is 6.72. The number of benzene rings is 2.